The molecule has 0 radical (unpaired) electrons. The number of ether oxygens (including phenoxy) is 1. The predicted molar refractivity (Wildman–Crippen MR) is 122 cm³/mol. The Hall–Kier alpha value is -3.38. The highest BCUT2D eigenvalue weighted by atomic mass is 32.2. The minimum absolute atomic E-state index is 0.167. The second kappa shape index (κ2) is 8.40. The molecule has 0 saturated heterocycles. The summed E-state index contributed by atoms with van der Waals surface area (Å²) >= 11 is 0. The average Bonchev–Trinajstić information content (AvgIpc) is 2.91. The van der Waals surface area contributed by atoms with Gasteiger partial charge in [0, 0.05) is 12.1 Å². The lowest BCUT2D eigenvalue weighted by molar-refractivity contribution is 0.103. The maximum Gasteiger partial charge on any atom is 0.264 e. The molecule has 1 aliphatic rings. The van der Waals surface area contributed by atoms with Crippen molar-refractivity contribution in [2.45, 2.75) is 18.2 Å². The lowest BCUT2D eigenvalue weighted by atomic mass is 9.99. The molecule has 0 aromatic heterocycles. The topological polar surface area (TPSA) is 63.7 Å². The van der Waals surface area contributed by atoms with Gasteiger partial charge in [0.1, 0.15) is 5.75 Å². The smallest absolute Gasteiger partial charge is 0.264 e. The second-order valence-corrected chi connectivity index (χ2v) is 9.29. The molecule has 0 amide bonds. The molecule has 0 fully saturated rings. The zero-order chi connectivity index (χ0) is 22.0. The van der Waals surface area contributed by atoms with Crippen LogP contribution in [0.4, 0.5) is 5.69 Å². The van der Waals surface area contributed by atoms with Crippen LogP contribution in [-0.4, -0.2) is 27.9 Å². The van der Waals surface area contributed by atoms with E-state index in [4.69, 9.17) is 4.74 Å². The van der Waals surface area contributed by atoms with Gasteiger partial charge in [0.05, 0.1) is 23.3 Å². The maximum absolute atomic E-state index is 13.5. The number of aryl methyl sites for hydroxylation is 1. The number of methoxy groups -OCH3 is 1. The fourth-order valence-corrected chi connectivity index (χ4v) is 5.13. The summed E-state index contributed by atoms with van der Waals surface area (Å²) in [6, 6.07) is 21.2. The van der Waals surface area contributed by atoms with Gasteiger partial charge in [-0.1, -0.05) is 48.0 Å². The van der Waals surface area contributed by atoms with Gasteiger partial charge in [-0.15, -0.1) is 0 Å². The minimum atomic E-state index is -3.84. The highest BCUT2D eigenvalue weighted by Gasteiger charge is 2.32. The Kier molecular flexibility index (Phi) is 5.65. The van der Waals surface area contributed by atoms with Crippen LogP contribution in [0.25, 0.3) is 6.08 Å². The monoisotopic (exact) mass is 433 g/mol. The van der Waals surface area contributed by atoms with Crippen molar-refractivity contribution in [2.75, 3.05) is 18.0 Å². The van der Waals surface area contributed by atoms with Gasteiger partial charge in [-0.2, -0.15) is 0 Å². The Bertz CT molecular complexity index is 1250. The van der Waals surface area contributed by atoms with Crippen LogP contribution in [0.3, 0.4) is 0 Å². The first-order chi connectivity index (χ1) is 14.9. The zero-order valence-electron chi connectivity index (χ0n) is 17.4. The number of nitrogens with zero attached hydrogens (tertiary/aromatic N) is 1. The predicted octanol–water partition coefficient (Wildman–Crippen LogP) is 4.87. The molecule has 1 aliphatic heterocycles. The van der Waals surface area contributed by atoms with Gasteiger partial charge in [-0.05, 0) is 55.3 Å². The Morgan fingerprint density at radius 1 is 0.968 bits per heavy atom. The molecule has 31 heavy (non-hydrogen) atoms. The summed E-state index contributed by atoms with van der Waals surface area (Å²) < 4.78 is 33.6. The summed E-state index contributed by atoms with van der Waals surface area (Å²) in [5.41, 5.74) is 3.10. The third-order valence-corrected chi connectivity index (χ3v) is 7.17. The summed E-state index contributed by atoms with van der Waals surface area (Å²) in [6.45, 7) is 2.07. The van der Waals surface area contributed by atoms with Crippen LogP contribution in [0, 0.1) is 6.92 Å². The molecule has 6 heteroatoms. The van der Waals surface area contributed by atoms with Crippen LogP contribution in [0.1, 0.15) is 27.9 Å². The number of carbonyl (C=O) groups excluding carboxylic acids is 1. The highest BCUT2D eigenvalue weighted by molar-refractivity contribution is 7.92. The molecule has 0 atom stereocenters. The van der Waals surface area contributed by atoms with Crippen molar-refractivity contribution in [3.8, 4) is 5.75 Å². The second-order valence-electron chi connectivity index (χ2n) is 7.43. The third-order valence-electron chi connectivity index (χ3n) is 5.34. The lowest BCUT2D eigenvalue weighted by Gasteiger charge is -2.24. The summed E-state index contributed by atoms with van der Waals surface area (Å²) in [4.78, 5) is 13.6. The number of fused-ring (bicyclic) bond motifs is 1. The molecule has 158 valence electrons. The molecule has 3 aromatic rings. The van der Waals surface area contributed by atoms with Crippen molar-refractivity contribution in [1.29, 1.82) is 0 Å². The molecular formula is C25H23NO4S. The molecule has 0 aliphatic carbocycles. The van der Waals surface area contributed by atoms with E-state index in [1.807, 2.05) is 43.3 Å². The quantitative estimate of drug-likeness (QED) is 0.551. The molecule has 0 unspecified atom stereocenters. The van der Waals surface area contributed by atoms with Crippen molar-refractivity contribution in [2.24, 2.45) is 0 Å². The van der Waals surface area contributed by atoms with Gasteiger partial charge in [-0.3, -0.25) is 9.10 Å². The van der Waals surface area contributed by atoms with E-state index >= 15 is 0 Å². The van der Waals surface area contributed by atoms with E-state index in [0.717, 1.165) is 11.1 Å². The van der Waals surface area contributed by atoms with E-state index in [9.17, 15) is 13.2 Å². The molecule has 0 spiro atoms. The number of anilines is 1. The van der Waals surface area contributed by atoms with Crippen LogP contribution in [0.15, 0.2) is 83.3 Å². The van der Waals surface area contributed by atoms with E-state index in [2.05, 4.69) is 0 Å². The maximum atomic E-state index is 13.5. The van der Waals surface area contributed by atoms with E-state index < -0.39 is 10.0 Å². The number of carbonyl (C=O) groups is 1. The third kappa shape index (κ3) is 4.11. The lowest BCUT2D eigenvalue weighted by Crippen LogP contribution is -2.32. The fourth-order valence-electron chi connectivity index (χ4n) is 3.65. The van der Waals surface area contributed by atoms with Crippen molar-refractivity contribution in [1.82, 2.24) is 0 Å². The van der Waals surface area contributed by atoms with E-state index in [-0.39, 0.29) is 17.2 Å². The molecule has 3 aromatic carbocycles. The summed E-state index contributed by atoms with van der Waals surface area (Å²) in [5, 5.41) is 0. The molecule has 0 N–H and O–H groups in total. The van der Waals surface area contributed by atoms with Crippen molar-refractivity contribution >= 4 is 27.6 Å². The van der Waals surface area contributed by atoms with Crippen molar-refractivity contribution < 1.29 is 17.9 Å². The minimum Gasteiger partial charge on any atom is -0.497 e. The van der Waals surface area contributed by atoms with E-state index in [1.165, 1.54) is 11.4 Å². The van der Waals surface area contributed by atoms with Crippen molar-refractivity contribution in [3.05, 3.63) is 95.1 Å². The van der Waals surface area contributed by atoms with Crippen LogP contribution in [-0.2, 0) is 10.0 Å². The SMILES string of the molecule is COc1ccc2c(c1)C(=O)/C(=C/c1ccccc1)CCN2S(=O)(=O)c1ccc(C)cc1. The summed E-state index contributed by atoms with van der Waals surface area (Å²) in [7, 11) is -2.32. The number of hydrogen-bond donors (Lipinski definition) is 0. The van der Waals surface area contributed by atoms with Crippen LogP contribution < -0.4 is 9.04 Å². The van der Waals surface area contributed by atoms with Gasteiger partial charge in [0.25, 0.3) is 10.0 Å². The Morgan fingerprint density at radius 3 is 2.35 bits per heavy atom. The largest absolute Gasteiger partial charge is 0.497 e. The molecule has 0 saturated carbocycles. The normalized spacial score (nSPS) is 15.5. The first-order valence-electron chi connectivity index (χ1n) is 9.98. The molecule has 1 heterocycles. The summed E-state index contributed by atoms with van der Waals surface area (Å²) in [6.07, 6.45) is 2.13. The van der Waals surface area contributed by atoms with Gasteiger partial charge < -0.3 is 4.74 Å². The fraction of sp³-hybridized carbons (Fsp3) is 0.160. The van der Waals surface area contributed by atoms with Crippen LogP contribution in [0.2, 0.25) is 0 Å². The highest BCUT2D eigenvalue weighted by Crippen LogP contribution is 2.35. The van der Waals surface area contributed by atoms with Crippen LogP contribution >= 0.6 is 0 Å². The number of Topliss-reactive ketones (excluding diaryl/α,β-unsaturated/α-hetero) is 1. The Balaban J connectivity index is 1.85. The van der Waals surface area contributed by atoms with E-state index in [1.54, 1.807) is 42.5 Å². The zero-order valence-corrected chi connectivity index (χ0v) is 18.2. The number of sulfonamides is 1. The Morgan fingerprint density at radius 2 is 1.68 bits per heavy atom. The van der Waals surface area contributed by atoms with Gasteiger partial charge >= 0.3 is 0 Å². The van der Waals surface area contributed by atoms with Gasteiger partial charge in [-0.25, -0.2) is 8.42 Å². The number of ketones is 1. The standard InChI is InChI=1S/C25H23NO4S/c1-18-8-11-22(12-9-18)31(28,29)26-15-14-20(16-19-6-4-3-5-7-19)25(27)23-17-21(30-2)10-13-24(23)26/h3-13,16-17H,14-15H2,1-2H3/b20-16+. The molecule has 4 rings (SSSR count). The van der Waals surface area contributed by atoms with Crippen molar-refractivity contribution in [3.63, 3.8) is 0 Å². The van der Waals surface area contributed by atoms with Gasteiger partial charge in [0.15, 0.2) is 5.78 Å². The van der Waals surface area contributed by atoms with E-state index in [0.29, 0.717) is 29.0 Å². The van der Waals surface area contributed by atoms with Crippen LogP contribution in [0.5, 0.6) is 5.75 Å². The summed E-state index contributed by atoms with van der Waals surface area (Å²) in [5.74, 6) is 0.306. The van der Waals surface area contributed by atoms with Gasteiger partial charge in [0.2, 0.25) is 0 Å². The molecule has 0 bridgehead atoms. The average molecular weight is 434 g/mol. The molecule has 5 nitrogen and oxygen atoms in total. The number of rotatable bonds is 4. The number of benzene rings is 3. The molecular weight excluding hydrogens is 410 g/mol. The number of hydrogen-bond acceptors (Lipinski definition) is 4. The Labute approximate surface area is 182 Å². The first-order valence-corrected chi connectivity index (χ1v) is 11.4. The first kappa shape index (κ1) is 20.9.